The second-order valence-corrected chi connectivity index (χ2v) is 9.86. The Balaban J connectivity index is 0.00000261. The third-order valence-corrected chi connectivity index (χ3v) is 7.72. The highest BCUT2D eigenvalue weighted by molar-refractivity contribution is 7.89. The number of nitrogens with two attached hydrogens (primary N) is 1. The fourth-order valence-corrected chi connectivity index (χ4v) is 5.44. The number of rotatable bonds is 3. The first-order valence-corrected chi connectivity index (χ1v) is 10.9. The molecule has 1 aromatic rings. The summed E-state index contributed by atoms with van der Waals surface area (Å²) >= 11 is 5.84. The van der Waals surface area contributed by atoms with E-state index < -0.39 is 15.6 Å². The first-order valence-electron chi connectivity index (χ1n) is 9.05. The van der Waals surface area contributed by atoms with Crippen LogP contribution in [0.15, 0.2) is 29.2 Å². The molecule has 3 rings (SSSR count). The van der Waals surface area contributed by atoms with Gasteiger partial charge in [-0.1, -0.05) is 24.4 Å². The van der Waals surface area contributed by atoms with E-state index >= 15 is 0 Å². The van der Waals surface area contributed by atoms with Crippen LogP contribution in [0.5, 0.6) is 0 Å². The van der Waals surface area contributed by atoms with Gasteiger partial charge in [0.1, 0.15) is 0 Å². The lowest BCUT2D eigenvalue weighted by Crippen LogP contribution is -2.57. The summed E-state index contributed by atoms with van der Waals surface area (Å²) in [6.07, 6.45) is 3.75. The summed E-state index contributed by atoms with van der Waals surface area (Å²) in [5.41, 5.74) is 5.88. The molecule has 1 aliphatic heterocycles. The van der Waals surface area contributed by atoms with E-state index in [4.69, 9.17) is 17.3 Å². The molecular formula is C18H27Cl2N3O3S. The minimum absolute atomic E-state index is 0. The van der Waals surface area contributed by atoms with Crippen LogP contribution in [0.2, 0.25) is 5.02 Å². The second kappa shape index (κ2) is 8.66. The summed E-state index contributed by atoms with van der Waals surface area (Å²) in [4.78, 5) is 14.9. The minimum atomic E-state index is -3.56. The Morgan fingerprint density at radius 2 is 1.74 bits per heavy atom. The van der Waals surface area contributed by atoms with Crippen LogP contribution in [0, 0.1) is 5.92 Å². The van der Waals surface area contributed by atoms with Crippen LogP contribution in [0.25, 0.3) is 0 Å². The number of hydrogen-bond donors (Lipinski definition) is 1. The van der Waals surface area contributed by atoms with E-state index in [2.05, 4.69) is 0 Å². The number of benzene rings is 1. The van der Waals surface area contributed by atoms with Crippen LogP contribution in [0.1, 0.15) is 32.6 Å². The third kappa shape index (κ3) is 4.77. The number of piperazine rings is 1. The van der Waals surface area contributed by atoms with Crippen molar-refractivity contribution < 1.29 is 13.2 Å². The quantitative estimate of drug-likeness (QED) is 0.789. The van der Waals surface area contributed by atoms with Crippen molar-refractivity contribution >= 4 is 39.9 Å². The monoisotopic (exact) mass is 435 g/mol. The zero-order valence-corrected chi connectivity index (χ0v) is 17.8. The lowest BCUT2D eigenvalue weighted by molar-refractivity contribution is -0.140. The van der Waals surface area contributed by atoms with Gasteiger partial charge in [-0.25, -0.2) is 8.42 Å². The van der Waals surface area contributed by atoms with Gasteiger partial charge in [-0.3, -0.25) is 4.79 Å². The standard InChI is InChI=1S/C18H26ClN3O3S.ClH/c1-18(20)9-3-2-4-16(18)17(23)21-10-12-22(13-11-21)26(24,25)15-7-5-14(19)6-8-15;/h5-8,16H,2-4,9-13,20H2,1H3;1H. The van der Waals surface area contributed by atoms with E-state index in [9.17, 15) is 13.2 Å². The van der Waals surface area contributed by atoms with Crippen molar-refractivity contribution in [3.05, 3.63) is 29.3 Å². The molecule has 1 saturated heterocycles. The molecule has 1 amide bonds. The summed E-state index contributed by atoms with van der Waals surface area (Å²) in [5, 5.41) is 0.497. The number of nitrogens with zero attached hydrogens (tertiary/aromatic N) is 2. The molecule has 6 nitrogen and oxygen atoms in total. The van der Waals surface area contributed by atoms with Crippen LogP contribution >= 0.6 is 24.0 Å². The summed E-state index contributed by atoms with van der Waals surface area (Å²) < 4.78 is 26.9. The van der Waals surface area contributed by atoms with E-state index in [0.29, 0.717) is 31.2 Å². The molecule has 1 heterocycles. The van der Waals surface area contributed by atoms with Crippen LogP contribution in [-0.2, 0) is 14.8 Å². The fourth-order valence-electron chi connectivity index (χ4n) is 3.89. The predicted molar refractivity (Wildman–Crippen MR) is 109 cm³/mol. The maximum absolute atomic E-state index is 12.9. The molecule has 2 unspecified atom stereocenters. The van der Waals surface area contributed by atoms with Crippen molar-refractivity contribution in [1.82, 2.24) is 9.21 Å². The Hall–Kier alpha value is -0.860. The van der Waals surface area contributed by atoms with Gasteiger partial charge >= 0.3 is 0 Å². The number of amides is 1. The highest BCUT2D eigenvalue weighted by Crippen LogP contribution is 2.33. The number of halogens is 2. The SMILES string of the molecule is CC1(N)CCCCC1C(=O)N1CCN(S(=O)(=O)c2ccc(Cl)cc2)CC1.Cl. The molecule has 1 saturated carbocycles. The average Bonchev–Trinajstić information content (AvgIpc) is 2.61. The van der Waals surface area contributed by atoms with Gasteiger partial charge in [0.15, 0.2) is 0 Å². The van der Waals surface area contributed by atoms with Crippen LogP contribution in [0.3, 0.4) is 0 Å². The minimum Gasteiger partial charge on any atom is -0.340 e. The molecular weight excluding hydrogens is 409 g/mol. The molecule has 0 spiro atoms. The lowest BCUT2D eigenvalue weighted by atomic mass is 9.74. The lowest BCUT2D eigenvalue weighted by Gasteiger charge is -2.42. The largest absolute Gasteiger partial charge is 0.340 e. The maximum atomic E-state index is 12.9. The third-order valence-electron chi connectivity index (χ3n) is 5.55. The molecule has 1 aliphatic carbocycles. The number of hydrogen-bond acceptors (Lipinski definition) is 4. The Morgan fingerprint density at radius 3 is 2.30 bits per heavy atom. The van der Waals surface area contributed by atoms with Gasteiger partial charge in [0, 0.05) is 36.7 Å². The molecule has 0 aromatic heterocycles. The Morgan fingerprint density at radius 1 is 1.15 bits per heavy atom. The molecule has 27 heavy (non-hydrogen) atoms. The molecule has 0 radical (unpaired) electrons. The Labute approximate surface area is 172 Å². The van der Waals surface area contributed by atoms with Crippen molar-refractivity contribution in [2.45, 2.75) is 43.0 Å². The number of sulfonamides is 1. The molecule has 152 valence electrons. The van der Waals surface area contributed by atoms with E-state index in [1.54, 1.807) is 17.0 Å². The van der Waals surface area contributed by atoms with Gasteiger partial charge in [-0.15, -0.1) is 12.4 Å². The van der Waals surface area contributed by atoms with E-state index in [0.717, 1.165) is 25.7 Å². The Bertz CT molecular complexity index is 761. The van der Waals surface area contributed by atoms with Crippen molar-refractivity contribution in [3.63, 3.8) is 0 Å². The average molecular weight is 436 g/mol. The normalized spacial score (nSPS) is 27.1. The highest BCUT2D eigenvalue weighted by atomic mass is 35.5. The van der Waals surface area contributed by atoms with Gasteiger partial charge < -0.3 is 10.6 Å². The summed E-state index contributed by atoms with van der Waals surface area (Å²) in [6.45, 7) is 3.35. The molecule has 2 N–H and O–H groups in total. The topological polar surface area (TPSA) is 83.7 Å². The Kier molecular flexibility index (Phi) is 7.19. The molecule has 2 atom stereocenters. The highest BCUT2D eigenvalue weighted by Gasteiger charge is 2.41. The smallest absolute Gasteiger partial charge is 0.243 e. The molecule has 2 aliphatic rings. The summed E-state index contributed by atoms with van der Waals surface area (Å²) in [6, 6.07) is 6.16. The number of carbonyl (C=O) groups is 1. The van der Waals surface area contributed by atoms with Crippen LogP contribution in [0.4, 0.5) is 0 Å². The van der Waals surface area contributed by atoms with E-state index in [1.807, 2.05) is 6.92 Å². The molecule has 1 aromatic carbocycles. The second-order valence-electron chi connectivity index (χ2n) is 7.49. The zero-order chi connectivity index (χ0) is 18.9. The fraction of sp³-hybridized carbons (Fsp3) is 0.611. The van der Waals surface area contributed by atoms with Crippen LogP contribution < -0.4 is 5.73 Å². The van der Waals surface area contributed by atoms with Crippen molar-refractivity contribution in [1.29, 1.82) is 0 Å². The van der Waals surface area contributed by atoms with Crippen molar-refractivity contribution in [2.75, 3.05) is 26.2 Å². The first-order chi connectivity index (χ1) is 12.2. The zero-order valence-electron chi connectivity index (χ0n) is 15.4. The van der Waals surface area contributed by atoms with Gasteiger partial charge in [0.2, 0.25) is 15.9 Å². The molecule has 0 bridgehead atoms. The first kappa shape index (κ1) is 22.4. The maximum Gasteiger partial charge on any atom is 0.243 e. The number of carbonyl (C=O) groups excluding carboxylic acids is 1. The predicted octanol–water partition coefficient (Wildman–Crippen LogP) is 2.50. The van der Waals surface area contributed by atoms with Gasteiger partial charge in [-0.2, -0.15) is 4.31 Å². The summed E-state index contributed by atoms with van der Waals surface area (Å²) in [5.74, 6) is -0.103. The van der Waals surface area contributed by atoms with Gasteiger partial charge in [0.25, 0.3) is 0 Å². The van der Waals surface area contributed by atoms with Gasteiger partial charge in [0.05, 0.1) is 10.8 Å². The summed E-state index contributed by atoms with van der Waals surface area (Å²) in [7, 11) is -3.56. The molecule has 2 fully saturated rings. The van der Waals surface area contributed by atoms with Crippen molar-refractivity contribution in [3.8, 4) is 0 Å². The van der Waals surface area contributed by atoms with Gasteiger partial charge in [-0.05, 0) is 44.0 Å². The van der Waals surface area contributed by atoms with Crippen LogP contribution in [-0.4, -0.2) is 55.2 Å². The van der Waals surface area contributed by atoms with E-state index in [-0.39, 0.29) is 29.1 Å². The molecule has 9 heteroatoms. The van der Waals surface area contributed by atoms with Crippen molar-refractivity contribution in [2.24, 2.45) is 11.7 Å². The van der Waals surface area contributed by atoms with E-state index in [1.165, 1.54) is 16.4 Å².